The first-order chi connectivity index (χ1) is 22.5. The molecule has 1 rings (SSSR count). The summed E-state index contributed by atoms with van der Waals surface area (Å²) in [5, 5.41) is 32.3. The Kier molecular flexibility index (Phi) is 17.8. The maximum Gasteiger partial charge on any atom is 0.305 e. The molecule has 0 radical (unpaired) electrons. The Hall–Kier alpha value is -5.10. The molecule has 48 heavy (non-hydrogen) atoms. The lowest BCUT2D eigenvalue weighted by molar-refractivity contribution is -0.140. The molecular formula is C30H46N8O10. The van der Waals surface area contributed by atoms with Crippen molar-refractivity contribution in [3.8, 4) is 0 Å². The van der Waals surface area contributed by atoms with Crippen molar-refractivity contribution in [2.45, 2.75) is 76.7 Å². The van der Waals surface area contributed by atoms with Crippen LogP contribution in [-0.4, -0.2) is 107 Å². The Labute approximate surface area is 277 Å². The van der Waals surface area contributed by atoms with Crippen LogP contribution in [0.3, 0.4) is 0 Å². The van der Waals surface area contributed by atoms with Gasteiger partial charge in [0, 0.05) is 19.6 Å². The highest BCUT2D eigenvalue weighted by molar-refractivity contribution is 5.98. The highest BCUT2D eigenvalue weighted by Gasteiger charge is 2.32. The Morgan fingerprint density at radius 1 is 0.750 bits per heavy atom. The zero-order valence-corrected chi connectivity index (χ0v) is 27.1. The third-order valence-electron chi connectivity index (χ3n) is 6.76. The van der Waals surface area contributed by atoms with Crippen LogP contribution in [-0.2, 0) is 44.8 Å². The quantitative estimate of drug-likeness (QED) is 0.0561. The molecule has 5 atom stereocenters. The third kappa shape index (κ3) is 15.5. The fraction of sp³-hybridized carbons (Fsp3) is 0.533. The number of aliphatic carboxylic acids is 1. The summed E-state index contributed by atoms with van der Waals surface area (Å²) < 4.78 is 0. The van der Waals surface area contributed by atoms with Crippen LogP contribution in [0.4, 0.5) is 0 Å². The monoisotopic (exact) mass is 678 g/mol. The van der Waals surface area contributed by atoms with E-state index in [4.69, 9.17) is 21.7 Å². The molecule has 1 aromatic carbocycles. The first kappa shape index (κ1) is 40.9. The molecule has 0 aromatic heterocycles. The number of carboxylic acid groups (broad SMARTS) is 1. The Balaban J connectivity index is 3.00. The number of nitrogens with two attached hydrogens (primary N) is 2. The molecule has 0 aliphatic rings. The van der Waals surface area contributed by atoms with E-state index in [0.29, 0.717) is 12.0 Å². The van der Waals surface area contributed by atoms with E-state index in [1.807, 2.05) is 0 Å². The predicted molar refractivity (Wildman–Crippen MR) is 170 cm³/mol. The van der Waals surface area contributed by atoms with Crippen molar-refractivity contribution in [3.63, 3.8) is 0 Å². The highest BCUT2D eigenvalue weighted by atomic mass is 16.4. The van der Waals surface area contributed by atoms with Crippen LogP contribution in [0, 0.1) is 5.92 Å². The van der Waals surface area contributed by atoms with Crippen LogP contribution in [0.1, 0.15) is 45.6 Å². The van der Waals surface area contributed by atoms with E-state index in [1.165, 1.54) is 6.92 Å². The fourth-order valence-corrected chi connectivity index (χ4v) is 4.14. The SMILES string of the molecule is CC(C)[C@H](NC(=O)[C@H](C)NC(=O)[C@H](CC(N)=O)NC(=O)[C@H](Cc1ccccc1)NC(=O)[C@@H](N)CC(=O)O)C(=O)NCC(=O)NCCCO. The first-order valence-electron chi connectivity index (χ1n) is 15.2. The molecule has 0 saturated carbocycles. The number of primary amides is 1. The van der Waals surface area contributed by atoms with Gasteiger partial charge in [-0.25, -0.2) is 0 Å². The van der Waals surface area contributed by atoms with Crippen LogP contribution in [0.15, 0.2) is 30.3 Å². The average Bonchev–Trinajstić information content (AvgIpc) is 3.01. The zero-order valence-electron chi connectivity index (χ0n) is 27.1. The lowest BCUT2D eigenvalue weighted by Gasteiger charge is -2.26. The second kappa shape index (κ2) is 20.9. The molecule has 0 unspecified atom stereocenters. The maximum absolute atomic E-state index is 13.3. The van der Waals surface area contributed by atoms with Gasteiger partial charge in [0.25, 0.3) is 0 Å². The van der Waals surface area contributed by atoms with Crippen LogP contribution < -0.4 is 43.4 Å². The van der Waals surface area contributed by atoms with Gasteiger partial charge in [-0.1, -0.05) is 44.2 Å². The lowest BCUT2D eigenvalue weighted by Crippen LogP contribution is -2.59. The number of hydrogen-bond donors (Lipinski definition) is 10. The van der Waals surface area contributed by atoms with Crippen LogP contribution >= 0.6 is 0 Å². The van der Waals surface area contributed by atoms with E-state index >= 15 is 0 Å². The van der Waals surface area contributed by atoms with Crippen molar-refractivity contribution in [2.24, 2.45) is 17.4 Å². The number of rotatable bonds is 21. The van der Waals surface area contributed by atoms with Gasteiger partial charge in [0.05, 0.1) is 25.4 Å². The number of aliphatic hydroxyl groups is 1. The second-order valence-electron chi connectivity index (χ2n) is 11.3. The highest BCUT2D eigenvalue weighted by Crippen LogP contribution is 2.07. The van der Waals surface area contributed by atoms with E-state index in [-0.39, 0.29) is 26.1 Å². The molecule has 12 N–H and O–H groups in total. The van der Waals surface area contributed by atoms with Gasteiger partial charge in [-0.2, -0.15) is 0 Å². The minimum absolute atomic E-state index is 0.0924. The summed E-state index contributed by atoms with van der Waals surface area (Å²) in [4.78, 5) is 99.5. The molecule has 0 aliphatic carbocycles. The summed E-state index contributed by atoms with van der Waals surface area (Å²) in [7, 11) is 0. The summed E-state index contributed by atoms with van der Waals surface area (Å²) in [5.41, 5.74) is 11.5. The predicted octanol–water partition coefficient (Wildman–Crippen LogP) is -3.86. The van der Waals surface area contributed by atoms with Crippen molar-refractivity contribution in [1.82, 2.24) is 31.9 Å². The van der Waals surface area contributed by atoms with E-state index in [2.05, 4.69) is 31.9 Å². The number of hydrogen-bond acceptors (Lipinski definition) is 10. The van der Waals surface area contributed by atoms with E-state index in [0.717, 1.165) is 0 Å². The number of carbonyl (C=O) groups excluding carboxylic acids is 7. The molecular weight excluding hydrogens is 632 g/mol. The molecule has 18 nitrogen and oxygen atoms in total. The van der Waals surface area contributed by atoms with Crippen LogP contribution in [0.5, 0.6) is 0 Å². The number of aliphatic hydroxyl groups excluding tert-OH is 1. The van der Waals surface area contributed by atoms with Crippen molar-refractivity contribution in [3.05, 3.63) is 35.9 Å². The minimum atomic E-state index is -1.60. The van der Waals surface area contributed by atoms with Gasteiger partial charge >= 0.3 is 5.97 Å². The average molecular weight is 679 g/mol. The lowest BCUT2D eigenvalue weighted by atomic mass is 10.0. The van der Waals surface area contributed by atoms with Crippen molar-refractivity contribution < 1.29 is 48.6 Å². The van der Waals surface area contributed by atoms with Gasteiger partial charge in [0.15, 0.2) is 0 Å². The maximum atomic E-state index is 13.3. The van der Waals surface area contributed by atoms with Crippen molar-refractivity contribution >= 4 is 47.3 Å². The summed E-state index contributed by atoms with van der Waals surface area (Å²) >= 11 is 0. The van der Waals surface area contributed by atoms with E-state index in [1.54, 1.807) is 44.2 Å². The van der Waals surface area contributed by atoms with Gasteiger partial charge < -0.3 is 53.6 Å². The van der Waals surface area contributed by atoms with Crippen molar-refractivity contribution in [1.29, 1.82) is 0 Å². The van der Waals surface area contributed by atoms with E-state index < -0.39 is 96.3 Å². The molecule has 0 heterocycles. The smallest absolute Gasteiger partial charge is 0.305 e. The van der Waals surface area contributed by atoms with E-state index in [9.17, 15) is 38.4 Å². The van der Waals surface area contributed by atoms with Gasteiger partial charge in [-0.3, -0.25) is 38.4 Å². The second-order valence-corrected chi connectivity index (χ2v) is 11.3. The van der Waals surface area contributed by atoms with Crippen LogP contribution in [0.2, 0.25) is 0 Å². The Bertz CT molecular complexity index is 1290. The van der Waals surface area contributed by atoms with Gasteiger partial charge in [-0.05, 0) is 24.8 Å². The number of nitrogens with one attached hydrogen (secondary N) is 6. The molecule has 266 valence electrons. The summed E-state index contributed by atoms with van der Waals surface area (Å²) in [6.07, 6.45) is -1.15. The van der Waals surface area contributed by atoms with Gasteiger partial charge in [0.1, 0.15) is 24.2 Å². The molecule has 0 bridgehead atoms. The Morgan fingerprint density at radius 2 is 1.35 bits per heavy atom. The van der Waals surface area contributed by atoms with Crippen molar-refractivity contribution in [2.75, 3.05) is 19.7 Å². The van der Waals surface area contributed by atoms with Crippen LogP contribution in [0.25, 0.3) is 0 Å². The number of carboxylic acids is 1. The molecule has 0 saturated heterocycles. The fourth-order valence-electron chi connectivity index (χ4n) is 4.14. The third-order valence-corrected chi connectivity index (χ3v) is 6.76. The Morgan fingerprint density at radius 3 is 1.92 bits per heavy atom. The minimum Gasteiger partial charge on any atom is -0.481 e. The standard InChI is InChI=1S/C30H46N8O10/c1-16(2)25(30(48)34-15-23(41)33-10-7-11-39)38-26(44)17(3)35-28(46)21(14-22(32)40)37-29(47)20(12-18-8-5-4-6-9-18)36-27(45)19(31)13-24(42)43/h4-6,8-9,16-17,19-21,25,39H,7,10-15,31H2,1-3H3,(H2,32,40)(H,33,41)(H,34,48)(H,35,46)(H,36,45)(H,37,47)(H,38,44)(H,42,43)/t17-,19-,20-,21-,25-/m0/s1. The molecule has 0 spiro atoms. The van der Waals surface area contributed by atoms with Gasteiger partial charge in [-0.15, -0.1) is 0 Å². The normalized spacial score (nSPS) is 13.9. The molecule has 0 aliphatic heterocycles. The molecule has 1 aromatic rings. The number of benzene rings is 1. The molecule has 0 fully saturated rings. The molecule has 7 amide bonds. The van der Waals surface area contributed by atoms with Gasteiger partial charge in [0.2, 0.25) is 41.4 Å². The zero-order chi connectivity index (χ0) is 36.4. The number of amides is 7. The largest absolute Gasteiger partial charge is 0.481 e. The molecule has 18 heteroatoms. The summed E-state index contributed by atoms with van der Waals surface area (Å²) in [5.74, 6) is -7.56. The number of carbonyl (C=O) groups is 8. The summed E-state index contributed by atoms with van der Waals surface area (Å²) in [6.45, 7) is 4.31. The first-order valence-corrected chi connectivity index (χ1v) is 15.2. The summed E-state index contributed by atoms with van der Waals surface area (Å²) in [6, 6.07) is 1.60. The topological polar surface area (TPSA) is 301 Å².